The van der Waals surface area contributed by atoms with Crippen LogP contribution in [0, 0.1) is 0 Å². The van der Waals surface area contributed by atoms with Gasteiger partial charge in [-0.1, -0.05) is 13.0 Å². The van der Waals surface area contributed by atoms with Gasteiger partial charge >= 0.3 is 0 Å². The predicted octanol–water partition coefficient (Wildman–Crippen LogP) is 2.27. The quantitative estimate of drug-likeness (QED) is 0.823. The van der Waals surface area contributed by atoms with E-state index in [-0.39, 0.29) is 6.84 Å². The van der Waals surface area contributed by atoms with E-state index in [1.165, 1.54) is 5.56 Å². The van der Waals surface area contributed by atoms with E-state index in [2.05, 4.69) is 31.2 Å². The molecule has 16 heavy (non-hydrogen) atoms. The number of benzene rings is 1. The molecule has 0 fully saturated rings. The molecule has 2 rings (SSSR count). The van der Waals surface area contributed by atoms with Gasteiger partial charge in [0.15, 0.2) is 0 Å². The van der Waals surface area contributed by atoms with Gasteiger partial charge in [-0.2, -0.15) is 0 Å². The molecule has 1 aliphatic rings. The van der Waals surface area contributed by atoms with Crippen LogP contribution in [0.2, 0.25) is 0 Å². The highest BCUT2D eigenvalue weighted by molar-refractivity contribution is 5.62. The molecule has 2 N–H and O–H groups in total. The number of fused-ring (bicyclic) bond motifs is 1. The normalized spacial score (nSPS) is 23.2. The number of nitrogens with one attached hydrogen (secondary N) is 1. The van der Waals surface area contributed by atoms with Crippen LogP contribution in [0.3, 0.4) is 0 Å². The summed E-state index contributed by atoms with van der Waals surface area (Å²) < 4.78 is 0. The summed E-state index contributed by atoms with van der Waals surface area (Å²) in [4.78, 5) is 2.21. The number of hydrogen-bond acceptors (Lipinski definition) is 3. The van der Waals surface area contributed by atoms with Crippen molar-refractivity contribution in [3.8, 4) is 5.75 Å². The Balaban J connectivity index is 0.00000144. The van der Waals surface area contributed by atoms with E-state index in [4.69, 9.17) is 0 Å². The molecule has 1 aromatic rings. The minimum absolute atomic E-state index is 0. The molecule has 1 unspecified atom stereocenters. The molecule has 0 aromatic heterocycles. The second-order valence-electron chi connectivity index (χ2n) is 5.20. The molecule has 90 valence electrons. The van der Waals surface area contributed by atoms with E-state index in [0.717, 1.165) is 25.2 Å². The number of aromatic hydroxyl groups is 1. The first-order valence-electron chi connectivity index (χ1n) is 5.73. The lowest BCUT2D eigenvalue weighted by atomic mass is 9.81. The smallest absolute Gasteiger partial charge is 0.117 e. The van der Waals surface area contributed by atoms with E-state index >= 15 is 0 Å². The molecule has 0 amide bonds. The summed E-state index contributed by atoms with van der Waals surface area (Å²) in [5, 5.41) is 12.8. The lowest BCUT2D eigenvalue weighted by Crippen LogP contribution is -2.29. The van der Waals surface area contributed by atoms with E-state index in [1.807, 2.05) is 12.1 Å². The second-order valence-corrected chi connectivity index (χ2v) is 5.20. The predicted molar refractivity (Wildman–Crippen MR) is 69.2 cm³/mol. The summed E-state index contributed by atoms with van der Waals surface area (Å²) in [6, 6.07) is 5.64. The third kappa shape index (κ3) is 2.00. The van der Waals surface area contributed by atoms with Crippen molar-refractivity contribution in [3.63, 3.8) is 0 Å². The number of phenols is 1. The van der Waals surface area contributed by atoms with Crippen LogP contribution in [0.15, 0.2) is 18.2 Å². The molecule has 0 spiro atoms. The molecule has 3 heteroatoms. The van der Waals surface area contributed by atoms with Crippen molar-refractivity contribution in [2.24, 2.45) is 0 Å². The highest BCUT2D eigenvalue weighted by atomic mass is 16.3. The Hall–Kier alpha value is -1.22. The molecule has 0 radical (unpaired) electrons. The first-order chi connectivity index (χ1) is 7.51. The van der Waals surface area contributed by atoms with E-state index in [1.54, 1.807) is 6.07 Å². The van der Waals surface area contributed by atoms with E-state index < -0.39 is 0 Å². The minimum atomic E-state index is 0. The van der Waals surface area contributed by atoms with Crippen molar-refractivity contribution >= 4 is 5.69 Å². The van der Waals surface area contributed by atoms with Crippen LogP contribution in [0.5, 0.6) is 5.75 Å². The zero-order valence-electron chi connectivity index (χ0n) is 10.2. The zero-order chi connectivity index (χ0) is 11.8. The molecule has 0 bridgehead atoms. The Morgan fingerprint density at radius 3 is 2.94 bits per heavy atom. The third-order valence-corrected chi connectivity index (χ3v) is 3.43. The Morgan fingerprint density at radius 1 is 1.50 bits per heavy atom. The van der Waals surface area contributed by atoms with E-state index in [0.29, 0.717) is 5.75 Å². The Kier molecular flexibility index (Phi) is 2.80. The molecular weight excluding hydrogens is 200 g/mol. The molecule has 3 nitrogen and oxygen atoms in total. The lowest BCUT2D eigenvalue weighted by molar-refractivity contribution is 0.342. The van der Waals surface area contributed by atoms with Gasteiger partial charge < -0.3 is 15.3 Å². The number of anilines is 1. The SMILES string of the molecule is CN(C)CCC1(C)CNc2cc(O)ccc21.[HH]. The van der Waals surface area contributed by atoms with Crippen LogP contribution in [-0.4, -0.2) is 37.2 Å². The fourth-order valence-electron chi connectivity index (χ4n) is 2.28. The fraction of sp³-hybridized carbons (Fsp3) is 0.538. The van der Waals surface area contributed by atoms with Gasteiger partial charge in [0.1, 0.15) is 5.75 Å². The number of nitrogens with zero attached hydrogens (tertiary/aromatic N) is 1. The summed E-state index contributed by atoms with van der Waals surface area (Å²) in [5.74, 6) is 0.336. The molecule has 1 aliphatic heterocycles. The largest absolute Gasteiger partial charge is 0.508 e. The van der Waals surface area contributed by atoms with Crippen molar-refractivity contribution in [2.45, 2.75) is 18.8 Å². The van der Waals surface area contributed by atoms with Crippen LogP contribution in [0.4, 0.5) is 5.69 Å². The van der Waals surface area contributed by atoms with E-state index in [9.17, 15) is 5.11 Å². The first-order valence-corrected chi connectivity index (χ1v) is 5.73. The lowest BCUT2D eigenvalue weighted by Gasteiger charge is -2.25. The van der Waals surface area contributed by atoms with Gasteiger partial charge in [-0.15, -0.1) is 0 Å². The Morgan fingerprint density at radius 2 is 2.25 bits per heavy atom. The maximum Gasteiger partial charge on any atom is 0.117 e. The summed E-state index contributed by atoms with van der Waals surface area (Å²) >= 11 is 0. The van der Waals surface area contributed by atoms with Gasteiger partial charge in [-0.05, 0) is 38.7 Å². The molecule has 0 aliphatic carbocycles. The molecule has 1 heterocycles. The highest BCUT2D eigenvalue weighted by Crippen LogP contribution is 2.40. The van der Waals surface area contributed by atoms with Crippen LogP contribution >= 0.6 is 0 Å². The van der Waals surface area contributed by atoms with Crippen molar-refractivity contribution in [3.05, 3.63) is 23.8 Å². The Bertz CT molecular complexity index is 395. The average Bonchev–Trinajstić information content (AvgIpc) is 2.54. The first kappa shape index (κ1) is 11.3. The van der Waals surface area contributed by atoms with Crippen molar-refractivity contribution in [1.82, 2.24) is 4.90 Å². The summed E-state index contributed by atoms with van der Waals surface area (Å²) in [7, 11) is 4.20. The number of phenolic OH excluding ortho intramolecular Hbond substituents is 1. The van der Waals surface area contributed by atoms with Crippen molar-refractivity contribution in [2.75, 3.05) is 32.5 Å². The minimum Gasteiger partial charge on any atom is -0.508 e. The monoisotopic (exact) mass is 222 g/mol. The molecule has 1 atom stereocenters. The number of rotatable bonds is 3. The summed E-state index contributed by atoms with van der Waals surface area (Å²) in [5.41, 5.74) is 2.60. The molecule has 1 aromatic carbocycles. The highest BCUT2D eigenvalue weighted by Gasteiger charge is 2.34. The summed E-state index contributed by atoms with van der Waals surface area (Å²) in [6.45, 7) is 4.32. The van der Waals surface area contributed by atoms with Crippen LogP contribution in [-0.2, 0) is 5.41 Å². The fourth-order valence-corrected chi connectivity index (χ4v) is 2.28. The molecule has 0 saturated heterocycles. The van der Waals surface area contributed by atoms with Gasteiger partial charge in [0.2, 0.25) is 0 Å². The standard InChI is InChI=1S/C13H20N2O.H2/c1-13(6-7-15(2)3)9-14-12-8-10(16)4-5-11(12)13;/h4-5,8,14,16H,6-7,9H2,1-3H3;1H. The van der Waals surface area contributed by atoms with Gasteiger partial charge in [0.05, 0.1) is 0 Å². The van der Waals surface area contributed by atoms with Crippen LogP contribution in [0.1, 0.15) is 20.3 Å². The van der Waals surface area contributed by atoms with Gasteiger partial charge in [-0.3, -0.25) is 0 Å². The zero-order valence-corrected chi connectivity index (χ0v) is 10.2. The Labute approximate surface area is 98.6 Å². The average molecular weight is 222 g/mol. The van der Waals surface area contributed by atoms with Crippen LogP contribution in [0.25, 0.3) is 0 Å². The van der Waals surface area contributed by atoms with Crippen molar-refractivity contribution in [1.29, 1.82) is 0 Å². The maximum absolute atomic E-state index is 9.44. The number of hydrogen-bond donors (Lipinski definition) is 2. The third-order valence-electron chi connectivity index (χ3n) is 3.43. The molecule has 0 saturated carbocycles. The second kappa shape index (κ2) is 3.98. The van der Waals surface area contributed by atoms with Gasteiger partial charge in [-0.25, -0.2) is 0 Å². The topological polar surface area (TPSA) is 35.5 Å². The van der Waals surface area contributed by atoms with Crippen molar-refractivity contribution < 1.29 is 6.53 Å². The van der Waals surface area contributed by atoms with Gasteiger partial charge in [0, 0.05) is 25.1 Å². The molecular formula is C13H22N2O. The van der Waals surface area contributed by atoms with Gasteiger partial charge in [0.25, 0.3) is 0 Å². The maximum atomic E-state index is 9.44. The van der Waals surface area contributed by atoms with Crippen LogP contribution < -0.4 is 5.32 Å². The summed E-state index contributed by atoms with van der Waals surface area (Å²) in [6.07, 6.45) is 1.13.